The minimum Gasteiger partial charge on any atom is -0.486 e. The number of hydrogen-bond donors (Lipinski definition) is 1. The Kier molecular flexibility index (Phi) is 8.90. The zero-order valence-electron chi connectivity index (χ0n) is 35.8. The van der Waals surface area contributed by atoms with Crippen molar-refractivity contribution in [3.8, 4) is 96.9 Å². The summed E-state index contributed by atoms with van der Waals surface area (Å²) in [5, 5.41) is 5.09. The Morgan fingerprint density at radius 3 is 2.28 bits per heavy atom. The summed E-state index contributed by atoms with van der Waals surface area (Å²) < 4.78 is 59.3. The van der Waals surface area contributed by atoms with Crippen LogP contribution in [0.4, 0.5) is 11.4 Å². The van der Waals surface area contributed by atoms with Gasteiger partial charge in [0, 0.05) is 76.1 Å². The molecule has 0 aliphatic carbocycles. The van der Waals surface area contributed by atoms with E-state index >= 15 is 4.79 Å². The van der Waals surface area contributed by atoms with Gasteiger partial charge in [0.25, 0.3) is 17.7 Å². The summed E-state index contributed by atoms with van der Waals surface area (Å²) in [6, 6.07) is 16.6. The van der Waals surface area contributed by atoms with Crippen LogP contribution in [0, 0.1) is 0 Å². The molecule has 0 radical (unpaired) electrons. The molecule has 20 nitrogen and oxygen atoms in total. The molecule has 0 spiro atoms. The largest absolute Gasteiger partial charge is 0.486 e. The third-order valence-electron chi connectivity index (χ3n) is 12.2. The highest BCUT2D eigenvalue weighted by Crippen LogP contribution is 2.54. The first-order valence-corrected chi connectivity index (χ1v) is 22.7. The number of aromatic nitrogens is 9. The Morgan fingerprint density at radius 2 is 1.38 bits per heavy atom. The van der Waals surface area contributed by atoms with E-state index in [1.807, 2.05) is 30.5 Å². The van der Waals surface area contributed by atoms with Gasteiger partial charge in [0.2, 0.25) is 12.0 Å². The van der Waals surface area contributed by atoms with Crippen molar-refractivity contribution in [1.82, 2.24) is 44.5 Å². The topological polar surface area (TPSA) is 222 Å². The summed E-state index contributed by atoms with van der Waals surface area (Å²) in [5.41, 5.74) is 7.47. The minimum absolute atomic E-state index is 0.141. The lowest BCUT2D eigenvalue weighted by Gasteiger charge is -2.35. The maximum Gasteiger partial charge on any atom is 0.279 e. The molecule has 69 heavy (non-hydrogen) atoms. The Labute approximate surface area is 392 Å². The number of benzene rings is 1. The monoisotopic (exact) mass is 940 g/mol. The summed E-state index contributed by atoms with van der Waals surface area (Å²) >= 11 is 1.24. The van der Waals surface area contributed by atoms with E-state index in [4.69, 9.17) is 62.6 Å². The molecule has 9 aromatic rings. The van der Waals surface area contributed by atoms with Gasteiger partial charge in [-0.25, -0.2) is 24.9 Å². The molecule has 1 N–H and O–H groups in total. The van der Waals surface area contributed by atoms with Gasteiger partial charge >= 0.3 is 0 Å². The normalized spacial score (nSPS) is 16.6. The van der Waals surface area contributed by atoms with Gasteiger partial charge in [-0.15, -0.1) is 5.10 Å². The zero-order chi connectivity index (χ0) is 45.6. The number of H-pyrrole nitrogens is 1. The van der Waals surface area contributed by atoms with Crippen LogP contribution >= 0.6 is 11.5 Å². The van der Waals surface area contributed by atoms with E-state index in [1.54, 1.807) is 53.8 Å². The van der Waals surface area contributed by atoms with Crippen molar-refractivity contribution >= 4 is 50.2 Å². The Hall–Kier alpha value is -8.85. The average Bonchev–Trinajstić information content (AvgIpc) is 4.07. The molecule has 8 aromatic heterocycles. The fraction of sp³-hybridized carbons (Fsp3) is 0.188. The van der Waals surface area contributed by atoms with Crippen molar-refractivity contribution in [2.24, 2.45) is 0 Å². The number of anilines is 2. The molecule has 1 unspecified atom stereocenters. The second kappa shape index (κ2) is 15.6. The van der Waals surface area contributed by atoms with Crippen LogP contribution < -0.4 is 47.5 Å². The van der Waals surface area contributed by atoms with Gasteiger partial charge in [-0.1, -0.05) is 4.49 Å². The SMILES string of the molecule is O=C1C(c2cc3c(cn2)OCCO3)Oc2nccc(-c3cnc4c(c3-c3cc(-c5cc6c(-c7cnc8snnc8c7)ccnc6[nH]5)c5c(n3)OCCO5)OCCO4)c2N1c1ccc2c(c1)OCCO2. The van der Waals surface area contributed by atoms with E-state index < -0.39 is 12.0 Å². The maximum absolute atomic E-state index is 15.3. The van der Waals surface area contributed by atoms with Gasteiger partial charge in [0.15, 0.2) is 39.3 Å². The minimum atomic E-state index is -1.24. The highest BCUT2D eigenvalue weighted by Gasteiger charge is 2.42. The molecule has 1 amide bonds. The van der Waals surface area contributed by atoms with Gasteiger partial charge < -0.3 is 47.6 Å². The fourth-order valence-electron chi connectivity index (χ4n) is 9.13. The number of nitrogens with zero attached hydrogens (tertiary/aromatic N) is 9. The van der Waals surface area contributed by atoms with Gasteiger partial charge in [-0.2, -0.15) is 0 Å². The molecule has 5 aliphatic rings. The molecule has 21 heteroatoms. The number of hydrogen-bond acceptors (Lipinski definition) is 19. The lowest BCUT2D eigenvalue weighted by molar-refractivity contribution is -0.126. The summed E-state index contributed by atoms with van der Waals surface area (Å²) in [7, 11) is 0. The van der Waals surface area contributed by atoms with E-state index in [2.05, 4.69) is 24.5 Å². The first kappa shape index (κ1) is 39.3. The quantitative estimate of drug-likeness (QED) is 0.176. The number of rotatable bonds is 6. The van der Waals surface area contributed by atoms with E-state index in [1.165, 1.54) is 17.7 Å². The maximum atomic E-state index is 15.3. The highest BCUT2D eigenvalue weighted by atomic mass is 32.1. The van der Waals surface area contributed by atoms with Crippen molar-refractivity contribution in [3.05, 3.63) is 91.3 Å². The average molecular weight is 941 g/mol. The molecule has 0 fully saturated rings. The summed E-state index contributed by atoms with van der Waals surface area (Å²) in [6.07, 6.45) is 7.12. The van der Waals surface area contributed by atoms with E-state index in [0.717, 1.165) is 21.3 Å². The predicted octanol–water partition coefficient (Wildman–Crippen LogP) is 7.09. The third kappa shape index (κ3) is 6.44. The van der Waals surface area contributed by atoms with Crippen LogP contribution in [0.25, 0.3) is 66.1 Å². The number of nitrogens with one attached hydrogen (secondary N) is 1. The smallest absolute Gasteiger partial charge is 0.279 e. The molecule has 1 atom stereocenters. The molecule has 13 heterocycles. The Bertz CT molecular complexity index is 3610. The van der Waals surface area contributed by atoms with Crippen LogP contribution in [-0.4, -0.2) is 103 Å². The first-order chi connectivity index (χ1) is 34.1. The van der Waals surface area contributed by atoms with Gasteiger partial charge in [0.05, 0.1) is 34.5 Å². The fourth-order valence-corrected chi connectivity index (χ4v) is 9.63. The third-order valence-corrected chi connectivity index (χ3v) is 12.8. The number of pyridine rings is 6. The second-order valence-corrected chi connectivity index (χ2v) is 16.9. The summed E-state index contributed by atoms with van der Waals surface area (Å²) in [5.74, 6) is 2.94. The molecule has 0 bridgehead atoms. The number of aromatic amines is 1. The molecule has 5 aliphatic heterocycles. The molecule has 340 valence electrons. The molecular weight excluding hydrogens is 909 g/mol. The number of carbonyl (C=O) groups excluding carboxylic acids is 1. The highest BCUT2D eigenvalue weighted by molar-refractivity contribution is 7.12. The van der Waals surface area contributed by atoms with E-state index in [0.29, 0.717) is 129 Å². The lowest BCUT2D eigenvalue weighted by atomic mass is 9.95. The van der Waals surface area contributed by atoms with Crippen LogP contribution in [0.3, 0.4) is 0 Å². The first-order valence-electron chi connectivity index (χ1n) is 21.9. The van der Waals surface area contributed by atoms with Gasteiger partial charge in [0.1, 0.15) is 69.7 Å². The number of ether oxygens (including phenoxy) is 9. The molecular formula is C48H32N10O10S. The van der Waals surface area contributed by atoms with Crippen molar-refractivity contribution in [2.45, 2.75) is 6.10 Å². The second-order valence-electron chi connectivity index (χ2n) is 16.2. The van der Waals surface area contributed by atoms with Gasteiger partial charge in [-0.05, 0) is 48.0 Å². The molecule has 1 aromatic carbocycles. The standard InChI is InChI=1S/C48H32N10O10S/c59-48-41(32-19-36-37(22-51-32)63-10-9-62-36)68-44-39(58(48)24-1-2-34-35(16-24)61-8-7-60-34)26(4-6-50-44)29-21-52-45-42(65-12-13-66-45)38(29)31-18-28(40-46(55-31)67-14-11-64-40)30-17-27-25(3-5-49-43(27)54-30)23-15-33-47(53-20-23)69-57-56-33/h1-6,15-22,41H,7-14H2,(H,49,54). The van der Waals surface area contributed by atoms with Crippen LogP contribution in [0.1, 0.15) is 11.8 Å². The molecule has 0 saturated heterocycles. The van der Waals surface area contributed by atoms with E-state index in [9.17, 15) is 0 Å². The Morgan fingerprint density at radius 1 is 0.609 bits per heavy atom. The zero-order valence-corrected chi connectivity index (χ0v) is 36.6. The van der Waals surface area contributed by atoms with Crippen LogP contribution in [0.2, 0.25) is 0 Å². The van der Waals surface area contributed by atoms with Crippen LogP contribution in [0.5, 0.6) is 52.1 Å². The lowest BCUT2D eigenvalue weighted by Crippen LogP contribution is -2.39. The van der Waals surface area contributed by atoms with Crippen LogP contribution in [-0.2, 0) is 4.79 Å². The number of carbonyl (C=O) groups is 1. The van der Waals surface area contributed by atoms with E-state index in [-0.39, 0.29) is 37.5 Å². The van der Waals surface area contributed by atoms with Crippen molar-refractivity contribution in [1.29, 1.82) is 0 Å². The molecule has 14 rings (SSSR count). The van der Waals surface area contributed by atoms with Gasteiger partial charge in [-0.3, -0.25) is 14.7 Å². The van der Waals surface area contributed by atoms with Crippen molar-refractivity contribution in [2.75, 3.05) is 57.8 Å². The summed E-state index contributed by atoms with van der Waals surface area (Å²) in [4.78, 5) is 49.6. The number of amides is 1. The van der Waals surface area contributed by atoms with Crippen molar-refractivity contribution < 1.29 is 47.4 Å². The van der Waals surface area contributed by atoms with Crippen LogP contribution in [0.15, 0.2) is 85.6 Å². The Balaban J connectivity index is 0.957. The molecule has 0 saturated carbocycles. The number of fused-ring (bicyclic) bond motifs is 7. The summed E-state index contributed by atoms with van der Waals surface area (Å²) in [6.45, 7) is 2.56. The predicted molar refractivity (Wildman–Crippen MR) is 245 cm³/mol. The van der Waals surface area contributed by atoms with Crippen molar-refractivity contribution in [3.63, 3.8) is 0 Å².